The highest BCUT2D eigenvalue weighted by molar-refractivity contribution is 7.94. The van der Waals surface area contributed by atoms with Crippen molar-refractivity contribution in [3.05, 3.63) is 29.3 Å². The summed E-state index contributed by atoms with van der Waals surface area (Å²) in [5.74, 6) is -0.558. The summed E-state index contributed by atoms with van der Waals surface area (Å²) in [6.45, 7) is 1.81. The number of ketones is 1. The van der Waals surface area contributed by atoms with Crippen molar-refractivity contribution in [3.8, 4) is 0 Å². The molecule has 1 unspecified atom stereocenters. The number of sulfone groups is 1. The Hall–Kier alpha value is -2.42. The largest absolute Gasteiger partial charge is 0.384 e. The predicted molar refractivity (Wildman–Crippen MR) is 98.6 cm³/mol. The van der Waals surface area contributed by atoms with Gasteiger partial charge >= 0.3 is 0 Å². The molecule has 0 aromatic heterocycles. The van der Waals surface area contributed by atoms with Crippen LogP contribution in [-0.2, 0) is 14.6 Å². The van der Waals surface area contributed by atoms with Gasteiger partial charge in [0.05, 0.1) is 16.9 Å². The molecule has 2 fully saturated rings. The third kappa shape index (κ3) is 3.09. The molecular weight excluding hydrogens is 370 g/mol. The van der Waals surface area contributed by atoms with Crippen LogP contribution in [-0.4, -0.2) is 79.5 Å². The Bertz CT molecular complexity index is 919. The van der Waals surface area contributed by atoms with E-state index in [-0.39, 0.29) is 23.4 Å². The van der Waals surface area contributed by atoms with Crippen molar-refractivity contribution in [2.24, 2.45) is 0 Å². The van der Waals surface area contributed by atoms with Crippen LogP contribution in [0, 0.1) is 0 Å². The second-order valence-corrected chi connectivity index (χ2v) is 9.39. The second kappa shape index (κ2) is 6.63. The summed E-state index contributed by atoms with van der Waals surface area (Å²) < 4.78 is 23.4. The third-order valence-electron chi connectivity index (χ3n) is 5.49. The Morgan fingerprint density at radius 3 is 2.41 bits per heavy atom. The molecule has 144 valence electrons. The van der Waals surface area contributed by atoms with Gasteiger partial charge in [0.15, 0.2) is 15.6 Å². The molecule has 3 aliphatic heterocycles. The van der Waals surface area contributed by atoms with E-state index in [1.54, 1.807) is 23.1 Å². The van der Waals surface area contributed by atoms with Crippen LogP contribution in [0.5, 0.6) is 0 Å². The van der Waals surface area contributed by atoms with E-state index >= 15 is 0 Å². The van der Waals surface area contributed by atoms with Crippen LogP contribution in [0.1, 0.15) is 33.6 Å². The van der Waals surface area contributed by atoms with E-state index in [2.05, 4.69) is 5.32 Å². The highest BCUT2D eigenvalue weighted by Gasteiger charge is 2.44. The normalized spacial score (nSPS) is 23.9. The summed E-state index contributed by atoms with van der Waals surface area (Å²) in [4.78, 5) is 40.7. The lowest BCUT2D eigenvalue weighted by Gasteiger charge is -2.38. The van der Waals surface area contributed by atoms with Crippen molar-refractivity contribution in [1.29, 1.82) is 0 Å². The maximum atomic E-state index is 12.9. The number of rotatable bonds is 2. The number of hydrogen-bond donors (Lipinski definition) is 1. The molecule has 0 saturated carbocycles. The molecule has 9 heteroatoms. The molecule has 1 N–H and O–H groups in total. The lowest BCUT2D eigenvalue weighted by molar-refractivity contribution is -0.132. The zero-order valence-electron chi connectivity index (χ0n) is 14.8. The number of nitrogens with zero attached hydrogens (tertiary/aromatic N) is 2. The van der Waals surface area contributed by atoms with Gasteiger partial charge < -0.3 is 15.1 Å². The summed E-state index contributed by atoms with van der Waals surface area (Å²) in [6, 6.07) is 5.20. The molecule has 3 aliphatic rings. The van der Waals surface area contributed by atoms with Gasteiger partial charge in [0.25, 0.3) is 5.91 Å². The molecule has 27 heavy (non-hydrogen) atoms. The Balaban J connectivity index is 1.46. The van der Waals surface area contributed by atoms with Crippen LogP contribution in [0.15, 0.2) is 18.2 Å². The number of benzene rings is 1. The van der Waals surface area contributed by atoms with Crippen molar-refractivity contribution in [1.82, 2.24) is 9.80 Å². The molecule has 0 spiro atoms. The Kier molecular flexibility index (Phi) is 4.41. The molecular formula is C18H21N3O5S. The minimum Gasteiger partial charge on any atom is -0.384 e. The summed E-state index contributed by atoms with van der Waals surface area (Å²) in [6.07, 6.45) is 0.737. The molecule has 1 atom stereocenters. The number of hydrogen-bond acceptors (Lipinski definition) is 6. The van der Waals surface area contributed by atoms with Crippen molar-refractivity contribution >= 4 is 33.1 Å². The number of anilines is 1. The predicted octanol–water partition coefficient (Wildman–Crippen LogP) is 0.156. The van der Waals surface area contributed by atoms with E-state index in [0.717, 1.165) is 0 Å². The van der Waals surface area contributed by atoms with Crippen molar-refractivity contribution in [3.63, 3.8) is 0 Å². The molecule has 2 saturated heterocycles. The highest BCUT2D eigenvalue weighted by Crippen LogP contribution is 2.27. The monoisotopic (exact) mass is 391 g/mol. The van der Waals surface area contributed by atoms with E-state index in [1.165, 1.54) is 4.90 Å². The van der Waals surface area contributed by atoms with Crippen LogP contribution in [0.3, 0.4) is 0 Å². The molecule has 0 radical (unpaired) electrons. The smallest absolute Gasteiger partial charge is 0.254 e. The van der Waals surface area contributed by atoms with Gasteiger partial charge in [0.2, 0.25) is 5.91 Å². The Morgan fingerprint density at radius 2 is 1.78 bits per heavy atom. The SMILES string of the molecule is O=C1CCNc2cccc(C(=O)N3CCN(C(=O)C4CCS4(=O)=O)CC3)c21. The fraction of sp³-hybridized carbons (Fsp3) is 0.500. The maximum absolute atomic E-state index is 12.9. The number of carbonyl (C=O) groups is 3. The number of amides is 2. The Morgan fingerprint density at radius 1 is 1.07 bits per heavy atom. The van der Waals surface area contributed by atoms with E-state index in [9.17, 15) is 22.8 Å². The zero-order valence-corrected chi connectivity index (χ0v) is 15.6. The van der Waals surface area contributed by atoms with Crippen molar-refractivity contribution in [2.45, 2.75) is 18.1 Å². The first-order valence-corrected chi connectivity index (χ1v) is 10.8. The number of fused-ring (bicyclic) bond motifs is 1. The summed E-state index contributed by atoms with van der Waals surface area (Å²) >= 11 is 0. The van der Waals surface area contributed by atoms with E-state index in [0.29, 0.717) is 62.4 Å². The van der Waals surface area contributed by atoms with E-state index in [1.807, 2.05) is 0 Å². The first-order valence-electron chi connectivity index (χ1n) is 9.08. The van der Waals surface area contributed by atoms with Crippen LogP contribution in [0.4, 0.5) is 5.69 Å². The molecule has 1 aromatic carbocycles. The minimum absolute atomic E-state index is 0.0447. The second-order valence-electron chi connectivity index (χ2n) is 7.09. The zero-order chi connectivity index (χ0) is 19.2. The van der Waals surface area contributed by atoms with Gasteiger partial charge in [-0.3, -0.25) is 14.4 Å². The van der Waals surface area contributed by atoms with Crippen molar-refractivity contribution < 1.29 is 22.8 Å². The van der Waals surface area contributed by atoms with Crippen molar-refractivity contribution in [2.75, 3.05) is 43.8 Å². The van der Waals surface area contributed by atoms with Gasteiger partial charge in [0, 0.05) is 44.8 Å². The number of piperazine rings is 1. The van der Waals surface area contributed by atoms with Gasteiger partial charge in [-0.1, -0.05) is 6.07 Å². The molecule has 2 amide bonds. The molecule has 0 aliphatic carbocycles. The van der Waals surface area contributed by atoms with E-state index in [4.69, 9.17) is 0 Å². The highest BCUT2D eigenvalue weighted by atomic mass is 32.2. The lowest BCUT2D eigenvalue weighted by Crippen LogP contribution is -2.56. The van der Waals surface area contributed by atoms with Crippen LogP contribution < -0.4 is 5.32 Å². The van der Waals surface area contributed by atoms with Gasteiger partial charge in [-0.2, -0.15) is 0 Å². The summed E-state index contributed by atoms with van der Waals surface area (Å²) in [7, 11) is -3.28. The molecule has 3 heterocycles. The molecule has 4 rings (SSSR count). The van der Waals surface area contributed by atoms with Crippen LogP contribution >= 0.6 is 0 Å². The molecule has 1 aromatic rings. The minimum atomic E-state index is -3.28. The van der Waals surface area contributed by atoms with Gasteiger partial charge in [-0.05, 0) is 18.6 Å². The van der Waals surface area contributed by atoms with E-state index < -0.39 is 15.1 Å². The molecule has 8 nitrogen and oxygen atoms in total. The molecule has 0 bridgehead atoms. The quantitative estimate of drug-likeness (QED) is 0.770. The van der Waals surface area contributed by atoms with Gasteiger partial charge in [-0.25, -0.2) is 8.42 Å². The maximum Gasteiger partial charge on any atom is 0.254 e. The standard InChI is InChI=1S/C18H21N3O5S/c22-14-4-6-19-13-3-1-2-12(16(13)14)17(23)20-7-9-21(10-8-20)18(24)15-5-11-27(15,25)26/h1-3,15,19H,4-11H2. The van der Waals surface area contributed by atoms with Crippen LogP contribution in [0.25, 0.3) is 0 Å². The van der Waals surface area contributed by atoms with Gasteiger partial charge in [0.1, 0.15) is 5.25 Å². The van der Waals surface area contributed by atoms with Crippen LogP contribution in [0.2, 0.25) is 0 Å². The average Bonchev–Trinajstić information content (AvgIpc) is 2.66. The lowest BCUT2D eigenvalue weighted by atomic mass is 9.95. The average molecular weight is 391 g/mol. The third-order valence-corrected chi connectivity index (χ3v) is 7.60. The first-order chi connectivity index (χ1) is 12.9. The topological polar surface area (TPSA) is 104 Å². The fourth-order valence-corrected chi connectivity index (χ4v) is 5.14. The van der Waals surface area contributed by atoms with Gasteiger partial charge in [-0.15, -0.1) is 0 Å². The number of carbonyl (C=O) groups excluding carboxylic acids is 3. The summed E-state index contributed by atoms with van der Waals surface area (Å²) in [5.41, 5.74) is 1.50. The Labute approximate surface area is 157 Å². The number of Topliss-reactive ketones (excluding diaryl/α,β-unsaturated/α-hetero) is 1. The summed E-state index contributed by atoms with van der Waals surface area (Å²) in [5, 5.41) is 2.23. The first kappa shape index (κ1) is 18.0. The number of nitrogens with one attached hydrogen (secondary N) is 1. The fourth-order valence-electron chi connectivity index (χ4n) is 3.82.